The minimum absolute atomic E-state index is 0.204. The second-order valence-corrected chi connectivity index (χ2v) is 7.44. The molecule has 0 aliphatic carbocycles. The van der Waals surface area contributed by atoms with Crippen molar-refractivity contribution in [3.63, 3.8) is 0 Å². The Kier molecular flexibility index (Phi) is 5.64. The monoisotopic (exact) mass is 393 g/mol. The fraction of sp³-hybridized carbons (Fsp3) is 0.409. The summed E-state index contributed by atoms with van der Waals surface area (Å²) in [4.78, 5) is 14.9. The molecule has 3 aromatic rings. The molecule has 1 aliphatic rings. The van der Waals surface area contributed by atoms with E-state index in [4.69, 9.17) is 4.52 Å². The molecule has 0 spiro atoms. The summed E-state index contributed by atoms with van der Waals surface area (Å²) < 4.78 is 7.17. The number of rotatable bonds is 6. The van der Waals surface area contributed by atoms with Crippen molar-refractivity contribution in [2.45, 2.75) is 46.2 Å². The Labute approximate surface area is 170 Å². The van der Waals surface area contributed by atoms with Crippen LogP contribution in [0.1, 0.15) is 48.0 Å². The Morgan fingerprint density at radius 2 is 2.03 bits per heavy atom. The number of anilines is 1. The first-order valence-corrected chi connectivity index (χ1v) is 10.3. The maximum Gasteiger partial charge on any atom is 0.290 e. The van der Waals surface area contributed by atoms with Crippen molar-refractivity contribution in [2.75, 3.05) is 18.0 Å². The van der Waals surface area contributed by atoms with Crippen LogP contribution in [0.3, 0.4) is 0 Å². The van der Waals surface area contributed by atoms with Gasteiger partial charge >= 0.3 is 0 Å². The molecule has 7 heteroatoms. The fourth-order valence-electron chi connectivity index (χ4n) is 3.81. The minimum atomic E-state index is -0.271. The Bertz CT molecular complexity index is 985. The molecule has 1 amide bonds. The van der Waals surface area contributed by atoms with Crippen LogP contribution in [0.5, 0.6) is 0 Å². The van der Waals surface area contributed by atoms with Crippen molar-refractivity contribution in [3.8, 4) is 11.3 Å². The molecule has 152 valence electrons. The number of benzene rings is 1. The van der Waals surface area contributed by atoms with Gasteiger partial charge in [0.1, 0.15) is 5.69 Å². The van der Waals surface area contributed by atoms with Crippen molar-refractivity contribution in [1.29, 1.82) is 0 Å². The zero-order chi connectivity index (χ0) is 20.2. The summed E-state index contributed by atoms with van der Waals surface area (Å²) in [6, 6.07) is 10.0. The fourth-order valence-corrected chi connectivity index (χ4v) is 3.81. The number of aryl methyl sites for hydroxylation is 1. The van der Waals surface area contributed by atoms with Gasteiger partial charge in [0.05, 0.1) is 6.20 Å². The SMILES string of the molecule is CCn1ncc(-c2cc(C(=O)NCc3cccc(N4CCCCC4)c3)on2)c1C. The maximum absolute atomic E-state index is 12.5. The molecular formula is C22H27N5O2. The van der Waals surface area contributed by atoms with Gasteiger partial charge in [0.25, 0.3) is 5.91 Å². The van der Waals surface area contributed by atoms with Crippen LogP contribution in [0.15, 0.2) is 41.1 Å². The summed E-state index contributed by atoms with van der Waals surface area (Å²) >= 11 is 0. The van der Waals surface area contributed by atoms with Gasteiger partial charge in [-0.1, -0.05) is 17.3 Å². The Hall–Kier alpha value is -3.09. The first-order chi connectivity index (χ1) is 14.2. The highest BCUT2D eigenvalue weighted by Crippen LogP contribution is 2.23. The standard InChI is InChI=1S/C22H27N5O2/c1-3-27-16(2)19(15-24-27)20-13-21(29-25-20)22(28)23-14-17-8-7-9-18(12-17)26-10-5-4-6-11-26/h7-9,12-13,15H,3-6,10-11,14H2,1-2H3,(H,23,28). The average Bonchev–Trinajstić information content (AvgIpc) is 3.39. The van der Waals surface area contributed by atoms with Crippen molar-refractivity contribution in [1.82, 2.24) is 20.3 Å². The molecule has 0 atom stereocenters. The van der Waals surface area contributed by atoms with E-state index in [0.717, 1.165) is 36.5 Å². The summed E-state index contributed by atoms with van der Waals surface area (Å²) in [6.07, 6.45) is 5.55. The number of aromatic nitrogens is 3. The van der Waals surface area contributed by atoms with E-state index >= 15 is 0 Å². The molecule has 0 saturated carbocycles. The van der Waals surface area contributed by atoms with Gasteiger partial charge in [-0.05, 0) is 50.8 Å². The number of piperidine rings is 1. The van der Waals surface area contributed by atoms with E-state index in [0.29, 0.717) is 12.2 Å². The predicted octanol–water partition coefficient (Wildman–Crippen LogP) is 3.79. The number of carbonyl (C=O) groups excluding carboxylic acids is 1. The number of hydrogen-bond acceptors (Lipinski definition) is 5. The summed E-state index contributed by atoms with van der Waals surface area (Å²) in [6.45, 7) is 7.45. The van der Waals surface area contributed by atoms with Gasteiger partial charge in [-0.3, -0.25) is 9.48 Å². The van der Waals surface area contributed by atoms with E-state index in [1.54, 1.807) is 12.3 Å². The van der Waals surface area contributed by atoms with Crippen LogP contribution in [0.2, 0.25) is 0 Å². The van der Waals surface area contributed by atoms with E-state index in [2.05, 4.69) is 32.6 Å². The molecule has 1 fully saturated rings. The summed E-state index contributed by atoms with van der Waals surface area (Å²) in [5.41, 5.74) is 4.80. The van der Waals surface area contributed by atoms with Gasteiger partial charge in [-0.2, -0.15) is 5.10 Å². The van der Waals surface area contributed by atoms with Gasteiger partial charge in [0.2, 0.25) is 5.76 Å². The minimum Gasteiger partial charge on any atom is -0.372 e. The zero-order valence-electron chi connectivity index (χ0n) is 17.0. The highest BCUT2D eigenvalue weighted by atomic mass is 16.5. The number of nitrogens with zero attached hydrogens (tertiary/aromatic N) is 4. The Balaban J connectivity index is 1.40. The number of hydrogen-bond donors (Lipinski definition) is 1. The third kappa shape index (κ3) is 4.18. The Morgan fingerprint density at radius 3 is 2.79 bits per heavy atom. The van der Waals surface area contributed by atoms with Crippen LogP contribution in [0.4, 0.5) is 5.69 Å². The molecule has 3 heterocycles. The highest BCUT2D eigenvalue weighted by Gasteiger charge is 2.17. The van der Waals surface area contributed by atoms with Gasteiger partial charge < -0.3 is 14.7 Å². The predicted molar refractivity (Wildman–Crippen MR) is 112 cm³/mol. The molecule has 1 aromatic carbocycles. The van der Waals surface area contributed by atoms with Crippen molar-refractivity contribution in [2.24, 2.45) is 0 Å². The molecule has 7 nitrogen and oxygen atoms in total. The lowest BCUT2D eigenvalue weighted by atomic mass is 10.1. The van der Waals surface area contributed by atoms with E-state index in [1.165, 1.54) is 24.9 Å². The van der Waals surface area contributed by atoms with Crippen LogP contribution in [0, 0.1) is 6.92 Å². The van der Waals surface area contributed by atoms with Crippen LogP contribution < -0.4 is 10.2 Å². The topological polar surface area (TPSA) is 76.2 Å². The van der Waals surface area contributed by atoms with Crippen molar-refractivity contribution in [3.05, 3.63) is 53.5 Å². The smallest absolute Gasteiger partial charge is 0.290 e. The van der Waals surface area contributed by atoms with Crippen molar-refractivity contribution < 1.29 is 9.32 Å². The third-order valence-electron chi connectivity index (χ3n) is 5.50. The summed E-state index contributed by atoms with van der Waals surface area (Å²) in [7, 11) is 0. The quantitative estimate of drug-likeness (QED) is 0.690. The lowest BCUT2D eigenvalue weighted by Gasteiger charge is -2.29. The van der Waals surface area contributed by atoms with E-state index in [9.17, 15) is 4.79 Å². The summed E-state index contributed by atoms with van der Waals surface area (Å²) in [5.74, 6) is -0.0662. The first kappa shape index (κ1) is 19.2. The van der Waals surface area contributed by atoms with E-state index < -0.39 is 0 Å². The van der Waals surface area contributed by atoms with Crippen LogP contribution in [-0.4, -0.2) is 33.9 Å². The highest BCUT2D eigenvalue weighted by molar-refractivity contribution is 5.92. The second-order valence-electron chi connectivity index (χ2n) is 7.44. The largest absolute Gasteiger partial charge is 0.372 e. The third-order valence-corrected chi connectivity index (χ3v) is 5.50. The summed E-state index contributed by atoms with van der Waals surface area (Å²) in [5, 5.41) is 11.3. The van der Waals surface area contributed by atoms with Gasteiger partial charge in [0, 0.05) is 49.2 Å². The lowest BCUT2D eigenvalue weighted by Crippen LogP contribution is -2.29. The van der Waals surface area contributed by atoms with Crippen LogP contribution >= 0.6 is 0 Å². The molecule has 4 rings (SSSR count). The average molecular weight is 393 g/mol. The number of amides is 1. The molecule has 1 aliphatic heterocycles. The van der Waals surface area contributed by atoms with Gasteiger partial charge in [0.15, 0.2) is 0 Å². The first-order valence-electron chi connectivity index (χ1n) is 10.3. The van der Waals surface area contributed by atoms with Crippen LogP contribution in [0.25, 0.3) is 11.3 Å². The molecule has 1 N–H and O–H groups in total. The zero-order valence-corrected chi connectivity index (χ0v) is 17.0. The normalized spacial score (nSPS) is 14.2. The molecular weight excluding hydrogens is 366 g/mol. The van der Waals surface area contributed by atoms with Crippen LogP contribution in [-0.2, 0) is 13.1 Å². The molecule has 0 radical (unpaired) electrons. The number of nitrogens with one attached hydrogen (secondary N) is 1. The van der Waals surface area contributed by atoms with E-state index in [1.807, 2.05) is 30.7 Å². The Morgan fingerprint density at radius 1 is 1.21 bits per heavy atom. The molecule has 2 aromatic heterocycles. The molecule has 0 unspecified atom stereocenters. The van der Waals surface area contributed by atoms with Crippen molar-refractivity contribution >= 4 is 11.6 Å². The molecule has 1 saturated heterocycles. The molecule has 29 heavy (non-hydrogen) atoms. The second kappa shape index (κ2) is 8.51. The maximum atomic E-state index is 12.5. The van der Waals surface area contributed by atoms with Gasteiger partial charge in [-0.15, -0.1) is 0 Å². The number of carbonyl (C=O) groups is 1. The molecule has 0 bridgehead atoms. The lowest BCUT2D eigenvalue weighted by molar-refractivity contribution is 0.0914. The van der Waals surface area contributed by atoms with E-state index in [-0.39, 0.29) is 11.7 Å². The van der Waals surface area contributed by atoms with Gasteiger partial charge in [-0.25, -0.2) is 0 Å².